The fraction of sp³-hybridized carbons (Fsp3) is 0.488. The summed E-state index contributed by atoms with van der Waals surface area (Å²) in [5.74, 6) is -0.353. The second kappa shape index (κ2) is 21.1. The number of sulfonamides is 1. The lowest BCUT2D eigenvalue weighted by Gasteiger charge is -2.27. The maximum atomic E-state index is 14.3. The van der Waals surface area contributed by atoms with E-state index < -0.39 is 15.9 Å². The highest BCUT2D eigenvalue weighted by molar-refractivity contribution is 7.90. The molecule has 4 rings (SSSR count). The summed E-state index contributed by atoms with van der Waals surface area (Å²) < 4.78 is 34.4. The van der Waals surface area contributed by atoms with Gasteiger partial charge in [0.25, 0.3) is 15.9 Å². The first-order chi connectivity index (χ1) is 25.6. The Morgan fingerprint density at radius 1 is 0.925 bits per heavy atom. The van der Waals surface area contributed by atoms with E-state index in [4.69, 9.17) is 21.3 Å². The molecule has 0 saturated heterocycles. The van der Waals surface area contributed by atoms with Crippen molar-refractivity contribution in [3.05, 3.63) is 71.2 Å². The van der Waals surface area contributed by atoms with Gasteiger partial charge in [-0.1, -0.05) is 101 Å². The Balaban J connectivity index is 1.52. The summed E-state index contributed by atoms with van der Waals surface area (Å²) in [6.45, 7) is 7.76. The summed E-state index contributed by atoms with van der Waals surface area (Å²) in [6.07, 6.45) is 14.9. The van der Waals surface area contributed by atoms with Crippen molar-refractivity contribution in [1.29, 1.82) is 0 Å². The molecule has 1 aliphatic rings. The molecule has 0 spiro atoms. The van der Waals surface area contributed by atoms with Crippen LogP contribution in [0, 0.1) is 6.92 Å². The monoisotopic (exact) mass is 765 g/mol. The van der Waals surface area contributed by atoms with E-state index in [0.717, 1.165) is 34.8 Å². The van der Waals surface area contributed by atoms with E-state index in [1.807, 2.05) is 30.9 Å². The van der Waals surface area contributed by atoms with E-state index in [1.54, 1.807) is 42.5 Å². The molecule has 3 aromatic rings. The number of unbranched alkanes of at least 4 members (excludes halogenated alkanes) is 11. The molecule has 1 aliphatic heterocycles. The second-order valence-corrected chi connectivity index (χ2v) is 15.8. The van der Waals surface area contributed by atoms with E-state index in [9.17, 15) is 18.3 Å². The molecular weight excluding hydrogens is 710 g/mol. The average Bonchev–Trinajstić information content (AvgIpc) is 3.14. The Labute approximate surface area is 321 Å². The van der Waals surface area contributed by atoms with Crippen molar-refractivity contribution in [1.82, 2.24) is 4.31 Å². The van der Waals surface area contributed by atoms with Crippen molar-refractivity contribution in [2.24, 2.45) is 9.98 Å². The molecule has 3 aromatic carbocycles. The molecule has 12 heteroatoms. The van der Waals surface area contributed by atoms with E-state index in [0.29, 0.717) is 41.8 Å². The van der Waals surface area contributed by atoms with Crippen LogP contribution in [0.1, 0.15) is 96.5 Å². The summed E-state index contributed by atoms with van der Waals surface area (Å²) in [4.78, 5) is 25.7. The van der Waals surface area contributed by atoms with Crippen LogP contribution in [0.5, 0.6) is 5.75 Å². The minimum atomic E-state index is -4.03. The molecule has 0 aliphatic carbocycles. The number of hydrogen-bond donors (Lipinski definition) is 2. The van der Waals surface area contributed by atoms with Gasteiger partial charge in [0, 0.05) is 30.8 Å². The lowest BCUT2D eigenvalue weighted by atomic mass is 10.1. The van der Waals surface area contributed by atoms with Gasteiger partial charge in [-0.25, -0.2) is 18.4 Å². The van der Waals surface area contributed by atoms with Crippen LogP contribution in [-0.2, 0) is 14.8 Å². The SMILES string of the molecule is CCCCCCCCCCCCCCOc1ccc(Cl)cc1NC(=O)C(=Nc1ccc(N(CC)CCO)cc1C)C1=Nc2ccccc2S(=O)(=O)N1C. The maximum absolute atomic E-state index is 14.3. The van der Waals surface area contributed by atoms with Gasteiger partial charge in [-0.05, 0) is 74.4 Å². The van der Waals surface area contributed by atoms with Crippen LogP contribution in [0.25, 0.3) is 0 Å². The Morgan fingerprint density at radius 3 is 2.23 bits per heavy atom. The number of benzene rings is 3. The zero-order chi connectivity index (χ0) is 38.2. The van der Waals surface area contributed by atoms with Crippen LogP contribution in [0.2, 0.25) is 5.02 Å². The summed E-state index contributed by atoms with van der Waals surface area (Å²) in [5.41, 5.74) is 2.45. The van der Waals surface area contributed by atoms with Gasteiger partial charge in [0.2, 0.25) is 0 Å². The predicted octanol–water partition coefficient (Wildman–Crippen LogP) is 9.62. The Hall–Kier alpha value is -3.93. The highest BCUT2D eigenvalue weighted by Crippen LogP contribution is 2.34. The maximum Gasteiger partial charge on any atom is 0.278 e. The summed E-state index contributed by atoms with van der Waals surface area (Å²) in [5, 5.41) is 12.8. The van der Waals surface area contributed by atoms with Crippen molar-refractivity contribution >= 4 is 61.8 Å². The number of aliphatic hydroxyl groups excluding tert-OH is 1. The molecule has 0 unspecified atom stereocenters. The Bertz CT molecular complexity index is 1830. The smallest absolute Gasteiger partial charge is 0.278 e. The average molecular weight is 766 g/mol. The molecule has 1 amide bonds. The van der Waals surface area contributed by atoms with Gasteiger partial charge < -0.3 is 20.1 Å². The van der Waals surface area contributed by atoms with Crippen LogP contribution in [0.4, 0.5) is 22.7 Å². The van der Waals surface area contributed by atoms with Crippen LogP contribution in [-0.4, -0.2) is 68.6 Å². The van der Waals surface area contributed by atoms with Crippen LogP contribution >= 0.6 is 11.6 Å². The fourth-order valence-electron chi connectivity index (χ4n) is 6.32. The number of para-hydroxylation sites is 1. The number of carbonyl (C=O) groups excluding carboxylic acids is 1. The van der Waals surface area contributed by atoms with Crippen molar-refractivity contribution in [2.45, 2.75) is 103 Å². The Kier molecular flexibility index (Phi) is 16.6. The van der Waals surface area contributed by atoms with E-state index in [-0.39, 0.29) is 28.7 Å². The molecule has 10 nitrogen and oxygen atoms in total. The van der Waals surface area contributed by atoms with Gasteiger partial charge >= 0.3 is 0 Å². The van der Waals surface area contributed by atoms with Crippen molar-refractivity contribution in [2.75, 3.05) is 43.6 Å². The highest BCUT2D eigenvalue weighted by atomic mass is 35.5. The summed E-state index contributed by atoms with van der Waals surface area (Å²) >= 11 is 6.39. The fourth-order valence-corrected chi connectivity index (χ4v) is 7.77. The van der Waals surface area contributed by atoms with Crippen molar-refractivity contribution in [3.63, 3.8) is 0 Å². The minimum absolute atomic E-state index is 0.00772. The number of nitrogens with one attached hydrogen (secondary N) is 1. The van der Waals surface area contributed by atoms with Crippen LogP contribution in [0.3, 0.4) is 0 Å². The zero-order valence-corrected chi connectivity index (χ0v) is 33.3. The lowest BCUT2D eigenvalue weighted by molar-refractivity contribution is -0.110. The Morgan fingerprint density at radius 2 is 1.58 bits per heavy atom. The van der Waals surface area contributed by atoms with Crippen molar-refractivity contribution in [3.8, 4) is 5.75 Å². The standard InChI is InChI=1S/C41H56ClN5O5S/c1-5-7-8-9-10-11-12-13-14-15-16-19-28-52-37-25-22-32(42)30-36(37)45-41(49)39(40-44-35-20-17-18-21-38(35)53(50,51)46(40)4)43-34-24-23-33(29-31(34)3)47(6-2)26-27-48/h17-18,20-25,29-30,48H,5-16,19,26-28H2,1-4H3,(H,45,49). The number of amidine groups is 1. The predicted molar refractivity (Wildman–Crippen MR) is 218 cm³/mol. The third kappa shape index (κ3) is 11.8. The number of anilines is 2. The van der Waals surface area contributed by atoms with Crippen LogP contribution in [0.15, 0.2) is 75.5 Å². The first-order valence-electron chi connectivity index (χ1n) is 19.1. The minimum Gasteiger partial charge on any atom is -0.491 e. The molecule has 0 radical (unpaired) electrons. The second-order valence-electron chi connectivity index (χ2n) is 13.4. The van der Waals surface area contributed by atoms with Crippen molar-refractivity contribution < 1.29 is 23.1 Å². The largest absolute Gasteiger partial charge is 0.491 e. The number of ether oxygens (including phenoxy) is 1. The molecule has 0 saturated carbocycles. The number of rotatable bonds is 22. The number of amides is 1. The summed E-state index contributed by atoms with van der Waals surface area (Å²) in [6, 6.07) is 17.0. The third-order valence-electron chi connectivity index (χ3n) is 9.43. The van der Waals surface area contributed by atoms with Gasteiger partial charge in [-0.3, -0.25) is 9.10 Å². The van der Waals surface area contributed by atoms with Crippen LogP contribution < -0.4 is 15.0 Å². The number of likely N-dealkylation sites (N-methyl/N-ethyl adjacent to an activating group) is 1. The number of carbonyl (C=O) groups is 1. The number of nitrogens with zero attached hydrogens (tertiary/aromatic N) is 4. The lowest BCUT2D eigenvalue weighted by Crippen LogP contribution is -2.44. The van der Waals surface area contributed by atoms with Gasteiger partial charge in [-0.15, -0.1) is 0 Å². The third-order valence-corrected chi connectivity index (χ3v) is 11.5. The van der Waals surface area contributed by atoms with Gasteiger partial charge in [0.05, 0.1) is 30.3 Å². The molecule has 0 bridgehead atoms. The van der Waals surface area contributed by atoms with Gasteiger partial charge in [0.15, 0.2) is 11.5 Å². The molecule has 288 valence electrons. The molecule has 0 fully saturated rings. The van der Waals surface area contributed by atoms with E-state index >= 15 is 0 Å². The number of aliphatic hydroxyl groups is 1. The number of halogens is 1. The van der Waals surface area contributed by atoms with E-state index in [1.165, 1.54) is 70.9 Å². The number of aryl methyl sites for hydroxylation is 1. The molecule has 0 aromatic heterocycles. The molecule has 1 heterocycles. The first-order valence-corrected chi connectivity index (χ1v) is 20.9. The molecule has 2 N–H and O–H groups in total. The molecular formula is C41H56ClN5O5S. The zero-order valence-electron chi connectivity index (χ0n) is 31.7. The van der Waals surface area contributed by atoms with Gasteiger partial charge in [-0.2, -0.15) is 0 Å². The highest BCUT2D eigenvalue weighted by Gasteiger charge is 2.36. The first kappa shape index (κ1) is 41.8. The normalized spacial score (nSPS) is 13.7. The summed E-state index contributed by atoms with van der Waals surface area (Å²) in [7, 11) is -2.67. The molecule has 53 heavy (non-hydrogen) atoms. The number of hydrogen-bond acceptors (Lipinski definition) is 8. The van der Waals surface area contributed by atoms with Gasteiger partial charge in [0.1, 0.15) is 10.6 Å². The topological polar surface area (TPSA) is 124 Å². The molecule has 0 atom stereocenters. The van der Waals surface area contributed by atoms with E-state index in [2.05, 4.69) is 17.2 Å². The quantitative estimate of drug-likeness (QED) is 0.0776. The number of aliphatic imine (C=N–C) groups is 2. The number of fused-ring (bicyclic) bond motifs is 1.